The zero-order chi connectivity index (χ0) is 12.3. The van der Waals surface area contributed by atoms with Crippen molar-refractivity contribution in [1.29, 1.82) is 5.26 Å². The Bertz CT molecular complexity index is 469. The maximum Gasteiger partial charge on any atom is 0.354 e. The molecule has 1 N–H and O–H groups in total. The number of hydrogen-bond donors (Lipinski definition) is 1. The largest absolute Gasteiger partial charge is 0.480 e. The van der Waals surface area contributed by atoms with Gasteiger partial charge in [-0.25, -0.2) is 18.6 Å². The Morgan fingerprint density at radius 2 is 2.31 bits per heavy atom. The third-order valence-electron chi connectivity index (χ3n) is 1.78. The molecule has 0 saturated heterocycles. The lowest BCUT2D eigenvalue weighted by Crippen LogP contribution is -2.06. The molecule has 0 aliphatic carbocycles. The van der Waals surface area contributed by atoms with Gasteiger partial charge >= 0.3 is 5.97 Å². The monoisotopic (exact) mass is 228 g/mol. The predicted octanol–water partition coefficient (Wildman–Crippen LogP) is 1.60. The summed E-state index contributed by atoms with van der Waals surface area (Å²) in [5.41, 5.74) is -1.75. The van der Waals surface area contributed by atoms with E-state index in [4.69, 9.17) is 10.4 Å². The van der Waals surface area contributed by atoms with E-state index in [0.29, 0.717) is 6.07 Å². The molecule has 16 heavy (non-hydrogen) atoms. The topological polar surface area (TPSA) is 83.2 Å². The van der Waals surface area contributed by atoms with Crippen molar-refractivity contribution in [1.82, 2.24) is 4.98 Å². The number of ether oxygens (including phenoxy) is 1. The average Bonchev–Trinajstić information content (AvgIpc) is 2.26. The molecule has 0 saturated carbocycles. The first kappa shape index (κ1) is 11.8. The molecular weight excluding hydrogens is 222 g/mol. The number of carboxylic acid groups (broad SMARTS) is 1. The van der Waals surface area contributed by atoms with Gasteiger partial charge in [-0.3, -0.25) is 0 Å². The molecule has 0 atom stereocenters. The van der Waals surface area contributed by atoms with Gasteiger partial charge in [0.2, 0.25) is 5.88 Å². The van der Waals surface area contributed by atoms with Crippen molar-refractivity contribution < 1.29 is 23.4 Å². The van der Waals surface area contributed by atoms with Crippen molar-refractivity contribution in [3.63, 3.8) is 0 Å². The highest BCUT2D eigenvalue weighted by Crippen LogP contribution is 2.28. The predicted molar refractivity (Wildman–Crippen MR) is 47.4 cm³/mol. The SMILES string of the molecule is COc1nc(C(=O)O)cc(C(F)F)c1C#N. The molecule has 1 aromatic heterocycles. The first-order valence-electron chi connectivity index (χ1n) is 4.01. The lowest BCUT2D eigenvalue weighted by Gasteiger charge is -2.08. The number of alkyl halides is 2. The van der Waals surface area contributed by atoms with E-state index in [0.717, 1.165) is 7.11 Å². The molecular formula is C9H6F2N2O3. The molecule has 1 rings (SSSR count). The van der Waals surface area contributed by atoms with Crippen molar-refractivity contribution in [2.45, 2.75) is 6.43 Å². The zero-order valence-corrected chi connectivity index (χ0v) is 8.07. The van der Waals surface area contributed by atoms with Gasteiger partial charge in [0.1, 0.15) is 11.6 Å². The van der Waals surface area contributed by atoms with Crippen LogP contribution in [0.15, 0.2) is 6.07 Å². The molecule has 0 amide bonds. The highest BCUT2D eigenvalue weighted by atomic mass is 19.3. The van der Waals surface area contributed by atoms with E-state index < -0.39 is 35.1 Å². The second kappa shape index (κ2) is 4.53. The van der Waals surface area contributed by atoms with Crippen LogP contribution in [0.4, 0.5) is 8.78 Å². The van der Waals surface area contributed by atoms with Gasteiger partial charge in [0.25, 0.3) is 6.43 Å². The zero-order valence-electron chi connectivity index (χ0n) is 8.07. The molecule has 0 fully saturated rings. The molecule has 0 radical (unpaired) electrons. The Morgan fingerprint density at radius 3 is 2.69 bits per heavy atom. The van der Waals surface area contributed by atoms with Crippen molar-refractivity contribution in [3.8, 4) is 11.9 Å². The number of aromatic nitrogens is 1. The van der Waals surface area contributed by atoms with Crippen LogP contribution in [0.25, 0.3) is 0 Å². The minimum absolute atomic E-state index is 0.419. The Morgan fingerprint density at radius 1 is 1.69 bits per heavy atom. The number of carboxylic acids is 1. The van der Waals surface area contributed by atoms with E-state index in [1.165, 1.54) is 6.07 Å². The number of hydrogen-bond acceptors (Lipinski definition) is 4. The second-order valence-corrected chi connectivity index (χ2v) is 2.70. The Hall–Kier alpha value is -2.23. The molecule has 0 aliphatic heterocycles. The van der Waals surface area contributed by atoms with E-state index in [2.05, 4.69) is 9.72 Å². The van der Waals surface area contributed by atoms with Crippen LogP contribution in [0.5, 0.6) is 5.88 Å². The summed E-state index contributed by atoms with van der Waals surface area (Å²) < 4.78 is 29.7. The first-order chi connectivity index (χ1) is 7.51. The summed E-state index contributed by atoms with van der Waals surface area (Å²) >= 11 is 0. The number of nitriles is 1. The number of aromatic carboxylic acids is 1. The van der Waals surface area contributed by atoms with Gasteiger partial charge in [-0.1, -0.05) is 0 Å². The van der Waals surface area contributed by atoms with E-state index in [1.807, 2.05) is 0 Å². The van der Waals surface area contributed by atoms with Crippen LogP contribution >= 0.6 is 0 Å². The summed E-state index contributed by atoms with van der Waals surface area (Å²) in [5.74, 6) is -1.89. The van der Waals surface area contributed by atoms with Gasteiger partial charge in [0.05, 0.1) is 7.11 Å². The molecule has 0 bridgehead atoms. The van der Waals surface area contributed by atoms with Gasteiger partial charge in [0, 0.05) is 5.56 Å². The molecule has 5 nitrogen and oxygen atoms in total. The fourth-order valence-electron chi connectivity index (χ4n) is 1.08. The smallest absolute Gasteiger partial charge is 0.354 e. The van der Waals surface area contributed by atoms with Crippen LogP contribution in [0.3, 0.4) is 0 Å². The highest BCUT2D eigenvalue weighted by Gasteiger charge is 2.22. The average molecular weight is 228 g/mol. The van der Waals surface area contributed by atoms with Crippen molar-refractivity contribution >= 4 is 5.97 Å². The molecule has 84 valence electrons. The molecule has 0 aromatic carbocycles. The van der Waals surface area contributed by atoms with Crippen LogP contribution in [0, 0.1) is 11.3 Å². The van der Waals surface area contributed by atoms with E-state index in [9.17, 15) is 13.6 Å². The summed E-state index contributed by atoms with van der Waals surface area (Å²) in [4.78, 5) is 14.0. The summed E-state index contributed by atoms with van der Waals surface area (Å²) in [6.45, 7) is 0. The van der Waals surface area contributed by atoms with Crippen molar-refractivity contribution in [2.75, 3.05) is 7.11 Å². The second-order valence-electron chi connectivity index (χ2n) is 2.70. The van der Waals surface area contributed by atoms with E-state index in [1.54, 1.807) is 0 Å². The van der Waals surface area contributed by atoms with Crippen molar-refractivity contribution in [2.24, 2.45) is 0 Å². The number of carbonyl (C=O) groups is 1. The van der Waals surface area contributed by atoms with E-state index >= 15 is 0 Å². The molecule has 0 aliphatic rings. The molecule has 0 spiro atoms. The molecule has 1 heterocycles. The minimum atomic E-state index is -2.97. The fourth-order valence-corrected chi connectivity index (χ4v) is 1.08. The number of nitrogens with zero attached hydrogens (tertiary/aromatic N) is 2. The highest BCUT2D eigenvalue weighted by molar-refractivity contribution is 5.86. The Kier molecular flexibility index (Phi) is 3.35. The van der Waals surface area contributed by atoms with Crippen LogP contribution in [-0.2, 0) is 0 Å². The number of pyridine rings is 1. The van der Waals surface area contributed by atoms with Gasteiger partial charge in [-0.15, -0.1) is 0 Å². The van der Waals surface area contributed by atoms with Gasteiger partial charge in [-0.2, -0.15) is 5.26 Å². The summed E-state index contributed by atoms with van der Waals surface area (Å²) in [6.07, 6.45) is -2.97. The van der Waals surface area contributed by atoms with Gasteiger partial charge < -0.3 is 9.84 Å². The lowest BCUT2D eigenvalue weighted by molar-refractivity contribution is 0.0688. The number of methoxy groups -OCH3 is 1. The van der Waals surface area contributed by atoms with Gasteiger partial charge in [0.15, 0.2) is 5.69 Å². The third-order valence-corrected chi connectivity index (χ3v) is 1.78. The first-order valence-corrected chi connectivity index (χ1v) is 4.01. The van der Waals surface area contributed by atoms with Crippen LogP contribution in [0.1, 0.15) is 28.0 Å². The van der Waals surface area contributed by atoms with Crippen LogP contribution < -0.4 is 4.74 Å². The quantitative estimate of drug-likeness (QED) is 0.849. The molecule has 0 unspecified atom stereocenters. The lowest BCUT2D eigenvalue weighted by atomic mass is 10.1. The minimum Gasteiger partial charge on any atom is -0.480 e. The fraction of sp³-hybridized carbons (Fsp3) is 0.222. The molecule has 7 heteroatoms. The molecule has 1 aromatic rings. The Balaban J connectivity index is 3.51. The maximum absolute atomic E-state index is 12.5. The third kappa shape index (κ3) is 2.06. The normalized spacial score (nSPS) is 9.94. The van der Waals surface area contributed by atoms with Crippen LogP contribution in [-0.4, -0.2) is 23.2 Å². The van der Waals surface area contributed by atoms with E-state index in [-0.39, 0.29) is 0 Å². The number of rotatable bonds is 3. The Labute approximate surface area is 88.9 Å². The van der Waals surface area contributed by atoms with Gasteiger partial charge in [-0.05, 0) is 6.07 Å². The standard InChI is InChI=1S/C9H6F2N2O3/c1-16-8-5(3-12)4(7(10)11)2-6(13-8)9(14)15/h2,7H,1H3,(H,14,15). The summed E-state index contributed by atoms with van der Waals surface area (Å²) in [6, 6.07) is 2.16. The van der Waals surface area contributed by atoms with Crippen LogP contribution in [0.2, 0.25) is 0 Å². The maximum atomic E-state index is 12.5. The summed E-state index contributed by atoms with van der Waals surface area (Å²) in [7, 11) is 1.12. The number of halogens is 2. The van der Waals surface area contributed by atoms with Crippen molar-refractivity contribution in [3.05, 3.63) is 22.9 Å². The summed E-state index contributed by atoms with van der Waals surface area (Å²) in [5, 5.41) is 17.3.